The van der Waals surface area contributed by atoms with Crippen LogP contribution in [0.4, 0.5) is 0 Å². The molecule has 2 saturated heterocycles. The van der Waals surface area contributed by atoms with Crippen molar-refractivity contribution in [3.63, 3.8) is 0 Å². The molecule has 1 spiro atoms. The van der Waals surface area contributed by atoms with Gasteiger partial charge >= 0.3 is 0 Å². The average molecular weight is 338 g/mol. The van der Waals surface area contributed by atoms with Gasteiger partial charge in [-0.25, -0.2) is 0 Å². The molecule has 25 heavy (non-hydrogen) atoms. The smallest absolute Gasteiger partial charge is 0.228 e. The minimum absolute atomic E-state index is 0.168. The fourth-order valence-electron chi connectivity index (χ4n) is 3.94. The standard InChI is InChI=1S/C19H22N4O2/c24-18-19(5-8-23(14-19)12-15-3-1-6-20-9-15)16(10-22-18)13-25-17-4-2-7-21-11-17/h1-4,6-7,9,11,16H,5,8,10,12-14H2,(H,22,24)/t16-,19-/m1/s1. The highest BCUT2D eigenvalue weighted by molar-refractivity contribution is 5.86. The Kier molecular flexibility index (Phi) is 4.36. The van der Waals surface area contributed by atoms with Gasteiger partial charge in [-0.3, -0.25) is 19.7 Å². The van der Waals surface area contributed by atoms with Gasteiger partial charge in [0, 0.05) is 44.1 Å². The number of ether oxygens (including phenoxy) is 1. The maximum atomic E-state index is 12.6. The van der Waals surface area contributed by atoms with Crippen molar-refractivity contribution in [3.05, 3.63) is 54.6 Å². The van der Waals surface area contributed by atoms with Crippen LogP contribution in [0.1, 0.15) is 12.0 Å². The summed E-state index contributed by atoms with van der Waals surface area (Å²) in [5.41, 5.74) is 0.839. The second-order valence-electron chi connectivity index (χ2n) is 6.88. The summed E-state index contributed by atoms with van der Waals surface area (Å²) in [6, 6.07) is 7.78. The van der Waals surface area contributed by atoms with E-state index in [1.54, 1.807) is 18.6 Å². The van der Waals surface area contributed by atoms with Gasteiger partial charge in [0.1, 0.15) is 5.75 Å². The molecule has 0 unspecified atom stereocenters. The fourth-order valence-corrected chi connectivity index (χ4v) is 3.94. The molecule has 2 aromatic heterocycles. The van der Waals surface area contributed by atoms with Crippen LogP contribution in [-0.2, 0) is 11.3 Å². The van der Waals surface area contributed by atoms with Crippen LogP contribution in [-0.4, -0.2) is 47.0 Å². The topological polar surface area (TPSA) is 67.3 Å². The van der Waals surface area contributed by atoms with Gasteiger partial charge in [-0.05, 0) is 36.7 Å². The Morgan fingerprint density at radius 3 is 2.84 bits per heavy atom. The van der Waals surface area contributed by atoms with Gasteiger partial charge in [0.2, 0.25) is 5.91 Å². The van der Waals surface area contributed by atoms with Gasteiger partial charge < -0.3 is 10.1 Å². The number of hydrogen-bond donors (Lipinski definition) is 1. The molecule has 6 heteroatoms. The lowest BCUT2D eigenvalue weighted by molar-refractivity contribution is -0.128. The van der Waals surface area contributed by atoms with Crippen LogP contribution in [0.3, 0.4) is 0 Å². The third-order valence-electron chi connectivity index (χ3n) is 5.34. The quantitative estimate of drug-likeness (QED) is 0.895. The lowest BCUT2D eigenvalue weighted by Crippen LogP contribution is -2.40. The summed E-state index contributed by atoms with van der Waals surface area (Å²) in [4.78, 5) is 23.2. The summed E-state index contributed by atoms with van der Waals surface area (Å²) in [5.74, 6) is 1.10. The Morgan fingerprint density at radius 2 is 2.08 bits per heavy atom. The van der Waals surface area contributed by atoms with E-state index in [0.29, 0.717) is 13.2 Å². The monoisotopic (exact) mass is 338 g/mol. The fraction of sp³-hybridized carbons (Fsp3) is 0.421. The molecule has 0 aliphatic carbocycles. The molecule has 1 N–H and O–H groups in total. The largest absolute Gasteiger partial charge is 0.492 e. The molecule has 4 heterocycles. The van der Waals surface area contributed by atoms with Crippen LogP contribution in [0.25, 0.3) is 0 Å². The molecule has 2 fully saturated rings. The third-order valence-corrected chi connectivity index (χ3v) is 5.34. The van der Waals surface area contributed by atoms with E-state index in [1.807, 2.05) is 24.4 Å². The summed E-state index contributed by atoms with van der Waals surface area (Å²) >= 11 is 0. The number of carbonyl (C=O) groups is 1. The molecule has 0 saturated carbocycles. The van der Waals surface area contributed by atoms with Gasteiger partial charge in [-0.15, -0.1) is 0 Å². The number of nitrogens with zero attached hydrogens (tertiary/aromatic N) is 3. The van der Waals surface area contributed by atoms with E-state index < -0.39 is 0 Å². The van der Waals surface area contributed by atoms with Crippen LogP contribution in [0, 0.1) is 11.3 Å². The Labute approximate surface area is 147 Å². The van der Waals surface area contributed by atoms with Gasteiger partial charge in [-0.2, -0.15) is 0 Å². The molecule has 2 aliphatic heterocycles. The maximum Gasteiger partial charge on any atom is 0.228 e. The molecular formula is C19H22N4O2. The highest BCUT2D eigenvalue weighted by atomic mass is 16.5. The zero-order valence-electron chi connectivity index (χ0n) is 14.1. The first-order valence-corrected chi connectivity index (χ1v) is 8.69. The zero-order valence-corrected chi connectivity index (χ0v) is 14.1. The minimum atomic E-state index is -0.343. The number of carbonyl (C=O) groups excluding carboxylic acids is 1. The van der Waals surface area contributed by atoms with E-state index in [-0.39, 0.29) is 17.2 Å². The average Bonchev–Trinajstić information content (AvgIpc) is 3.20. The van der Waals surface area contributed by atoms with Crippen LogP contribution >= 0.6 is 0 Å². The molecule has 2 aromatic rings. The molecule has 130 valence electrons. The molecule has 6 nitrogen and oxygen atoms in total. The van der Waals surface area contributed by atoms with Crippen molar-refractivity contribution in [2.75, 3.05) is 26.2 Å². The van der Waals surface area contributed by atoms with Crippen LogP contribution in [0.5, 0.6) is 5.75 Å². The first-order chi connectivity index (χ1) is 12.3. The predicted octanol–water partition coefficient (Wildman–Crippen LogP) is 1.49. The molecule has 0 bridgehead atoms. The first-order valence-electron chi connectivity index (χ1n) is 8.69. The van der Waals surface area contributed by atoms with Gasteiger partial charge in [0.15, 0.2) is 0 Å². The van der Waals surface area contributed by atoms with Crippen LogP contribution < -0.4 is 10.1 Å². The summed E-state index contributed by atoms with van der Waals surface area (Å²) in [5, 5.41) is 3.05. The van der Waals surface area contributed by atoms with Gasteiger partial charge in [0.25, 0.3) is 0 Å². The SMILES string of the molecule is O=C1NC[C@H](COc2cccnc2)[C@]12CCN(Cc1cccnc1)C2. The Morgan fingerprint density at radius 1 is 1.24 bits per heavy atom. The lowest BCUT2D eigenvalue weighted by Gasteiger charge is -2.28. The van der Waals surface area contributed by atoms with E-state index >= 15 is 0 Å². The number of rotatable bonds is 5. The summed E-state index contributed by atoms with van der Waals surface area (Å²) < 4.78 is 5.90. The molecule has 1 amide bonds. The zero-order chi connectivity index (χ0) is 17.1. The normalized spacial score (nSPS) is 26.1. The van der Waals surface area contributed by atoms with Crippen molar-refractivity contribution in [2.24, 2.45) is 11.3 Å². The molecule has 4 rings (SSSR count). The molecule has 2 aliphatic rings. The molecular weight excluding hydrogens is 316 g/mol. The van der Waals surface area contributed by atoms with Crippen LogP contribution in [0.2, 0.25) is 0 Å². The van der Waals surface area contributed by atoms with Crippen molar-refractivity contribution >= 4 is 5.91 Å². The predicted molar refractivity (Wildman–Crippen MR) is 92.8 cm³/mol. The highest BCUT2D eigenvalue weighted by Gasteiger charge is 2.54. The van der Waals surface area contributed by atoms with Crippen molar-refractivity contribution in [1.29, 1.82) is 0 Å². The number of aromatic nitrogens is 2. The van der Waals surface area contributed by atoms with E-state index in [4.69, 9.17) is 4.74 Å². The van der Waals surface area contributed by atoms with E-state index in [9.17, 15) is 4.79 Å². The van der Waals surface area contributed by atoms with E-state index in [1.165, 1.54) is 5.56 Å². The number of likely N-dealkylation sites (tertiary alicyclic amines) is 1. The number of nitrogens with one attached hydrogen (secondary N) is 1. The first kappa shape index (κ1) is 16.0. The Hall–Kier alpha value is -2.47. The third kappa shape index (κ3) is 3.22. The van der Waals surface area contributed by atoms with Crippen molar-refractivity contribution in [3.8, 4) is 5.75 Å². The number of pyridine rings is 2. The van der Waals surface area contributed by atoms with Crippen molar-refractivity contribution < 1.29 is 9.53 Å². The molecule has 2 atom stereocenters. The van der Waals surface area contributed by atoms with E-state index in [2.05, 4.69) is 26.3 Å². The Balaban J connectivity index is 1.42. The summed E-state index contributed by atoms with van der Waals surface area (Å²) in [6.07, 6.45) is 7.98. The second-order valence-corrected chi connectivity index (χ2v) is 6.88. The van der Waals surface area contributed by atoms with Gasteiger partial charge in [-0.1, -0.05) is 6.07 Å². The Bertz CT molecular complexity index is 725. The number of amides is 1. The minimum Gasteiger partial charge on any atom is -0.492 e. The van der Waals surface area contributed by atoms with Crippen molar-refractivity contribution in [2.45, 2.75) is 13.0 Å². The van der Waals surface area contributed by atoms with Crippen molar-refractivity contribution in [1.82, 2.24) is 20.2 Å². The van der Waals surface area contributed by atoms with Gasteiger partial charge in [0.05, 0.1) is 18.2 Å². The number of hydrogen-bond acceptors (Lipinski definition) is 5. The van der Waals surface area contributed by atoms with E-state index in [0.717, 1.165) is 31.8 Å². The lowest BCUT2D eigenvalue weighted by atomic mass is 9.77. The second kappa shape index (κ2) is 6.80. The van der Waals surface area contributed by atoms with Crippen LogP contribution in [0.15, 0.2) is 49.1 Å². The molecule has 0 radical (unpaired) electrons. The highest BCUT2D eigenvalue weighted by Crippen LogP contribution is 2.42. The summed E-state index contributed by atoms with van der Waals surface area (Å²) in [7, 11) is 0. The summed E-state index contributed by atoms with van der Waals surface area (Å²) in [6.45, 7) is 3.74. The maximum absolute atomic E-state index is 12.6. The molecule has 0 aromatic carbocycles.